The van der Waals surface area contributed by atoms with Crippen molar-refractivity contribution in [3.63, 3.8) is 0 Å². The molecular weight excluding hydrogens is 382 g/mol. The molecule has 30 heavy (non-hydrogen) atoms. The molecule has 6 heteroatoms. The van der Waals surface area contributed by atoms with E-state index in [2.05, 4.69) is 0 Å². The molecule has 5 rings (SSSR count). The van der Waals surface area contributed by atoms with Crippen LogP contribution in [0.4, 0.5) is 4.79 Å². The molecule has 2 saturated carbocycles. The van der Waals surface area contributed by atoms with Gasteiger partial charge in [-0.25, -0.2) is 9.59 Å². The Hall–Kier alpha value is -2.08. The van der Waals surface area contributed by atoms with Gasteiger partial charge in [0.05, 0.1) is 6.10 Å². The molecule has 1 N–H and O–H groups in total. The largest absolute Gasteiger partial charge is 0.459 e. The second-order valence-electron chi connectivity index (χ2n) is 10.1. The van der Waals surface area contributed by atoms with Gasteiger partial charge in [-0.3, -0.25) is 4.90 Å². The zero-order valence-electron chi connectivity index (χ0n) is 18.1. The highest BCUT2D eigenvalue weighted by Gasteiger charge is 2.58. The van der Waals surface area contributed by atoms with Gasteiger partial charge >= 0.3 is 12.1 Å². The minimum atomic E-state index is -0.798. The van der Waals surface area contributed by atoms with Crippen LogP contribution in [0.25, 0.3) is 0 Å². The van der Waals surface area contributed by atoms with E-state index in [1.807, 2.05) is 51.1 Å². The number of hydrogen-bond acceptors (Lipinski definition) is 5. The fourth-order valence-corrected chi connectivity index (χ4v) is 5.10. The molecule has 0 radical (unpaired) electrons. The molecule has 6 nitrogen and oxygen atoms in total. The second-order valence-corrected chi connectivity index (χ2v) is 10.1. The lowest BCUT2D eigenvalue weighted by molar-refractivity contribution is -0.176. The van der Waals surface area contributed by atoms with Crippen LogP contribution in [0.5, 0.6) is 0 Å². The summed E-state index contributed by atoms with van der Waals surface area (Å²) in [6, 6.07) is 8.50. The molecule has 5 atom stereocenters. The highest BCUT2D eigenvalue weighted by Crippen LogP contribution is 2.49. The molecule has 1 unspecified atom stereocenters. The zero-order valence-corrected chi connectivity index (χ0v) is 18.1. The lowest BCUT2D eigenvalue weighted by Crippen LogP contribution is -2.69. The van der Waals surface area contributed by atoms with Gasteiger partial charge in [0.25, 0.3) is 0 Å². The minimum absolute atomic E-state index is 0.00180. The third-order valence-corrected chi connectivity index (χ3v) is 6.60. The Morgan fingerprint density at radius 2 is 1.80 bits per heavy atom. The van der Waals surface area contributed by atoms with Gasteiger partial charge in [0, 0.05) is 17.9 Å². The maximum atomic E-state index is 13.2. The molecule has 2 aliphatic heterocycles. The Morgan fingerprint density at radius 3 is 2.43 bits per heavy atom. The average Bonchev–Trinajstić information content (AvgIpc) is 3.51. The summed E-state index contributed by atoms with van der Waals surface area (Å²) in [5.74, 6) is -0.132. The Kier molecular flexibility index (Phi) is 5.80. The molecule has 2 heterocycles. The van der Waals surface area contributed by atoms with Crippen molar-refractivity contribution in [3.05, 3.63) is 35.9 Å². The van der Waals surface area contributed by atoms with Gasteiger partial charge in [-0.05, 0) is 51.5 Å². The van der Waals surface area contributed by atoms with Gasteiger partial charge in [-0.15, -0.1) is 0 Å². The number of aliphatic hydroxyl groups is 1. The first-order chi connectivity index (χ1) is 14.2. The van der Waals surface area contributed by atoms with E-state index < -0.39 is 29.8 Å². The molecule has 1 amide bonds. The molecule has 1 aromatic rings. The maximum absolute atomic E-state index is 13.2. The fourth-order valence-electron chi connectivity index (χ4n) is 5.10. The number of carbonyl (C=O) groups is 2. The van der Waals surface area contributed by atoms with Crippen molar-refractivity contribution >= 4 is 12.1 Å². The van der Waals surface area contributed by atoms with Crippen LogP contribution in [0.2, 0.25) is 0 Å². The van der Waals surface area contributed by atoms with Crippen molar-refractivity contribution in [2.75, 3.05) is 0 Å². The molecule has 2 aliphatic carbocycles. The Bertz CT molecular complexity index is 770. The molecule has 2 saturated heterocycles. The van der Waals surface area contributed by atoms with E-state index in [1.165, 1.54) is 12.8 Å². The van der Waals surface area contributed by atoms with Gasteiger partial charge in [0.2, 0.25) is 0 Å². The quantitative estimate of drug-likeness (QED) is 0.738. The summed E-state index contributed by atoms with van der Waals surface area (Å²) in [4.78, 5) is 27.9. The van der Waals surface area contributed by atoms with Crippen molar-refractivity contribution in [1.82, 2.24) is 4.90 Å². The van der Waals surface area contributed by atoms with Crippen LogP contribution >= 0.6 is 0 Å². The van der Waals surface area contributed by atoms with E-state index in [1.54, 1.807) is 4.90 Å². The third-order valence-electron chi connectivity index (χ3n) is 6.60. The van der Waals surface area contributed by atoms with Gasteiger partial charge in [0.15, 0.2) is 0 Å². The summed E-state index contributed by atoms with van der Waals surface area (Å²) >= 11 is 0. The van der Waals surface area contributed by atoms with E-state index >= 15 is 0 Å². The van der Waals surface area contributed by atoms with Crippen LogP contribution in [0.15, 0.2) is 30.3 Å². The summed E-state index contributed by atoms with van der Waals surface area (Å²) in [6.45, 7) is 5.63. The number of benzene rings is 1. The van der Waals surface area contributed by atoms with Crippen LogP contribution in [-0.2, 0) is 20.9 Å². The molecule has 164 valence electrons. The van der Waals surface area contributed by atoms with Crippen LogP contribution < -0.4 is 0 Å². The number of piperidine rings is 2. The number of fused-ring (bicyclic) bond motifs is 3. The predicted molar refractivity (Wildman–Crippen MR) is 111 cm³/mol. The standard InChI is InChI=1S/C24H33NO5/c1-24(2,3)30-23(28)25-19-12-11-17(21(26)18(19)13-15-9-10-15)20(25)22(27)29-14-16-7-5-4-6-8-16/h4-8,15,17-21,26H,9-14H2,1-3H3/t17-,18?,19-,20+,21-/m0/s1. The summed E-state index contributed by atoms with van der Waals surface area (Å²) in [6.07, 6.45) is 3.74. The molecule has 0 spiro atoms. The number of amides is 1. The van der Waals surface area contributed by atoms with E-state index in [4.69, 9.17) is 9.47 Å². The van der Waals surface area contributed by atoms with Crippen molar-refractivity contribution in [2.24, 2.45) is 17.8 Å². The Labute approximate surface area is 178 Å². The summed E-state index contributed by atoms with van der Waals surface area (Å²) < 4.78 is 11.3. The number of nitrogens with zero attached hydrogens (tertiary/aromatic N) is 1. The van der Waals surface area contributed by atoms with Crippen LogP contribution in [0.1, 0.15) is 58.4 Å². The highest BCUT2D eigenvalue weighted by atomic mass is 16.6. The number of esters is 1. The highest BCUT2D eigenvalue weighted by molar-refractivity contribution is 5.83. The van der Waals surface area contributed by atoms with Crippen LogP contribution in [0, 0.1) is 17.8 Å². The van der Waals surface area contributed by atoms with Gasteiger partial charge in [-0.2, -0.15) is 0 Å². The lowest BCUT2D eigenvalue weighted by Gasteiger charge is -2.55. The minimum Gasteiger partial charge on any atom is -0.459 e. The van der Waals surface area contributed by atoms with Crippen molar-refractivity contribution in [2.45, 2.75) is 83.3 Å². The number of carbonyl (C=O) groups excluding carboxylic acids is 2. The third kappa shape index (κ3) is 4.48. The normalized spacial score (nSPS) is 30.8. The summed E-state index contributed by atoms with van der Waals surface area (Å²) in [7, 11) is 0. The topological polar surface area (TPSA) is 76.1 Å². The number of rotatable bonds is 5. The first-order valence-corrected chi connectivity index (χ1v) is 11.1. The number of aliphatic hydroxyl groups excluding tert-OH is 1. The van der Waals surface area contributed by atoms with Gasteiger partial charge < -0.3 is 14.6 Å². The first kappa shape index (κ1) is 21.2. The number of ether oxygens (including phenoxy) is 2. The van der Waals surface area contributed by atoms with Gasteiger partial charge in [-0.1, -0.05) is 43.2 Å². The van der Waals surface area contributed by atoms with Crippen molar-refractivity contribution < 1.29 is 24.2 Å². The molecule has 4 fully saturated rings. The van der Waals surface area contributed by atoms with Gasteiger partial charge in [0.1, 0.15) is 18.2 Å². The molecule has 4 aliphatic rings. The van der Waals surface area contributed by atoms with Crippen LogP contribution in [0.3, 0.4) is 0 Å². The Morgan fingerprint density at radius 1 is 1.10 bits per heavy atom. The fraction of sp³-hybridized carbons (Fsp3) is 0.667. The second kappa shape index (κ2) is 8.22. The van der Waals surface area contributed by atoms with E-state index in [9.17, 15) is 14.7 Å². The summed E-state index contributed by atoms with van der Waals surface area (Å²) in [5.41, 5.74) is 0.236. The van der Waals surface area contributed by atoms with E-state index in [0.717, 1.165) is 24.8 Å². The zero-order chi connectivity index (χ0) is 21.5. The van der Waals surface area contributed by atoms with Crippen molar-refractivity contribution in [3.8, 4) is 0 Å². The maximum Gasteiger partial charge on any atom is 0.411 e. The van der Waals surface area contributed by atoms with E-state index in [-0.39, 0.29) is 24.5 Å². The SMILES string of the molecule is CC(C)(C)OC(=O)N1[C@H]2CC[C@H]([C@H](O)C2CC2CC2)[C@@H]1C(=O)OCc1ccccc1. The predicted octanol–water partition coefficient (Wildman–Crippen LogP) is 3.90. The van der Waals surface area contributed by atoms with Crippen LogP contribution in [-0.4, -0.2) is 45.9 Å². The first-order valence-electron chi connectivity index (χ1n) is 11.1. The van der Waals surface area contributed by atoms with Crippen molar-refractivity contribution in [1.29, 1.82) is 0 Å². The smallest absolute Gasteiger partial charge is 0.411 e. The number of hydrogen-bond donors (Lipinski definition) is 1. The Balaban J connectivity index is 1.55. The molecule has 0 aromatic heterocycles. The summed E-state index contributed by atoms with van der Waals surface area (Å²) in [5, 5.41) is 11.1. The van der Waals surface area contributed by atoms with E-state index in [0.29, 0.717) is 5.92 Å². The molecular formula is C24H33NO5. The molecule has 2 bridgehead atoms. The lowest BCUT2D eigenvalue weighted by atomic mass is 9.65. The molecule has 1 aromatic carbocycles. The average molecular weight is 416 g/mol. The monoisotopic (exact) mass is 415 g/mol.